The van der Waals surface area contributed by atoms with E-state index in [1.807, 2.05) is 7.05 Å². The first-order valence-electron chi connectivity index (χ1n) is 3.60. The molecule has 0 radical (unpaired) electrons. The molecular weight excluding hydrogens is 144 g/mol. The summed E-state index contributed by atoms with van der Waals surface area (Å²) in [7, 11) is 2.02. The molecule has 0 aliphatic carbocycles. The Labute approximate surface area is 63.6 Å². The summed E-state index contributed by atoms with van der Waals surface area (Å²) in [5, 5.41) is 6.32. The smallest absolute Gasteiger partial charge is 0.297 e. The molecular formula is C6H10N4O. The second-order valence-corrected chi connectivity index (χ2v) is 2.83. The largest absolute Gasteiger partial charge is 0.343 e. The maximum Gasteiger partial charge on any atom is 0.343 e. The number of aromatic nitrogens is 3. The van der Waals surface area contributed by atoms with Gasteiger partial charge in [-0.1, -0.05) is 0 Å². The van der Waals surface area contributed by atoms with E-state index in [2.05, 4.69) is 15.1 Å². The number of aromatic amines is 1. The third-order valence-corrected chi connectivity index (χ3v) is 1.95. The topological polar surface area (TPSA) is 53.9 Å². The molecule has 0 unspecified atom stereocenters. The number of nitrogens with one attached hydrogen (secondary N) is 1. The first-order chi connectivity index (χ1) is 5.27. The van der Waals surface area contributed by atoms with Crippen LogP contribution < -0.4 is 5.69 Å². The van der Waals surface area contributed by atoms with Crippen molar-refractivity contribution in [3.8, 4) is 0 Å². The fraction of sp³-hybridized carbons (Fsp3) is 0.667. The number of H-pyrrole nitrogens is 1. The van der Waals surface area contributed by atoms with E-state index in [1.165, 1.54) is 0 Å². The highest BCUT2D eigenvalue weighted by Crippen LogP contribution is 2.02. The predicted molar refractivity (Wildman–Crippen MR) is 39.2 cm³/mol. The van der Waals surface area contributed by atoms with Gasteiger partial charge in [-0.15, -0.1) is 0 Å². The Balaban J connectivity index is 2.44. The van der Waals surface area contributed by atoms with Gasteiger partial charge in [0.15, 0.2) is 0 Å². The Kier molecular flexibility index (Phi) is 1.32. The van der Waals surface area contributed by atoms with Crippen molar-refractivity contribution in [1.29, 1.82) is 0 Å². The summed E-state index contributed by atoms with van der Waals surface area (Å²) in [6.45, 7) is 2.44. The number of rotatable bonds is 0. The molecule has 0 fully saturated rings. The first kappa shape index (κ1) is 6.60. The van der Waals surface area contributed by atoms with Crippen molar-refractivity contribution in [3.63, 3.8) is 0 Å². The first-order valence-corrected chi connectivity index (χ1v) is 3.60. The van der Waals surface area contributed by atoms with Gasteiger partial charge in [-0.3, -0.25) is 9.47 Å². The van der Waals surface area contributed by atoms with Gasteiger partial charge in [0, 0.05) is 13.1 Å². The monoisotopic (exact) mass is 154 g/mol. The molecule has 2 heterocycles. The van der Waals surface area contributed by atoms with Crippen molar-refractivity contribution in [2.24, 2.45) is 0 Å². The van der Waals surface area contributed by atoms with Gasteiger partial charge in [-0.2, -0.15) is 5.10 Å². The highest BCUT2D eigenvalue weighted by atomic mass is 16.1. The lowest BCUT2D eigenvalue weighted by Gasteiger charge is -2.21. The van der Waals surface area contributed by atoms with Crippen LogP contribution in [-0.4, -0.2) is 33.3 Å². The average Bonchev–Trinajstić information content (AvgIpc) is 2.32. The summed E-state index contributed by atoms with van der Waals surface area (Å²) in [6, 6.07) is 0. The van der Waals surface area contributed by atoms with Crippen LogP contribution in [0.3, 0.4) is 0 Å². The number of hydrogen-bond donors (Lipinski definition) is 1. The highest BCUT2D eigenvalue weighted by molar-refractivity contribution is 4.89. The van der Waals surface area contributed by atoms with Crippen LogP contribution in [0.2, 0.25) is 0 Å². The Hall–Kier alpha value is -1.10. The predicted octanol–water partition coefficient (Wildman–Crippen LogP) is -0.983. The third kappa shape index (κ3) is 0.970. The minimum absolute atomic E-state index is 0.0897. The quantitative estimate of drug-likeness (QED) is 0.522. The molecule has 1 aliphatic heterocycles. The van der Waals surface area contributed by atoms with Crippen molar-refractivity contribution >= 4 is 0 Å². The van der Waals surface area contributed by atoms with Crippen molar-refractivity contribution in [2.45, 2.75) is 13.1 Å². The Bertz CT molecular complexity index is 313. The van der Waals surface area contributed by atoms with Gasteiger partial charge in [0.25, 0.3) is 0 Å². The third-order valence-electron chi connectivity index (χ3n) is 1.95. The molecule has 0 saturated carbocycles. The zero-order chi connectivity index (χ0) is 7.84. The van der Waals surface area contributed by atoms with E-state index in [9.17, 15) is 4.79 Å². The Morgan fingerprint density at radius 1 is 1.55 bits per heavy atom. The minimum Gasteiger partial charge on any atom is -0.297 e. The Morgan fingerprint density at radius 3 is 3.18 bits per heavy atom. The summed E-state index contributed by atoms with van der Waals surface area (Å²) in [5.41, 5.74) is -0.0897. The van der Waals surface area contributed by atoms with Gasteiger partial charge >= 0.3 is 5.69 Å². The van der Waals surface area contributed by atoms with E-state index in [0.717, 1.165) is 25.5 Å². The molecule has 0 atom stereocenters. The summed E-state index contributed by atoms with van der Waals surface area (Å²) in [4.78, 5) is 13.1. The van der Waals surface area contributed by atoms with Gasteiger partial charge in [-0.25, -0.2) is 9.89 Å². The van der Waals surface area contributed by atoms with Gasteiger partial charge < -0.3 is 0 Å². The SMILES string of the molecule is CN1CCn2c(n[nH]c2=O)C1. The molecule has 1 aromatic heterocycles. The molecule has 1 aromatic rings. The fourth-order valence-electron chi connectivity index (χ4n) is 1.29. The fourth-order valence-corrected chi connectivity index (χ4v) is 1.29. The minimum atomic E-state index is -0.0897. The number of fused-ring (bicyclic) bond motifs is 1. The lowest BCUT2D eigenvalue weighted by Crippen LogP contribution is -2.34. The molecule has 5 heteroatoms. The molecule has 0 saturated heterocycles. The van der Waals surface area contributed by atoms with Crippen LogP contribution in [0.15, 0.2) is 4.79 Å². The Morgan fingerprint density at radius 2 is 2.36 bits per heavy atom. The second kappa shape index (κ2) is 2.20. The zero-order valence-electron chi connectivity index (χ0n) is 6.37. The van der Waals surface area contributed by atoms with Crippen molar-refractivity contribution in [3.05, 3.63) is 16.3 Å². The van der Waals surface area contributed by atoms with Crippen LogP contribution in [0.1, 0.15) is 5.82 Å². The second-order valence-electron chi connectivity index (χ2n) is 2.83. The van der Waals surface area contributed by atoms with E-state index in [-0.39, 0.29) is 5.69 Å². The summed E-state index contributed by atoms with van der Waals surface area (Å²) >= 11 is 0. The number of nitrogens with zero attached hydrogens (tertiary/aromatic N) is 3. The van der Waals surface area contributed by atoms with Crippen molar-refractivity contribution in [1.82, 2.24) is 19.7 Å². The van der Waals surface area contributed by atoms with Gasteiger partial charge in [0.1, 0.15) is 5.82 Å². The lowest BCUT2D eigenvalue weighted by atomic mass is 10.4. The highest BCUT2D eigenvalue weighted by Gasteiger charge is 2.15. The van der Waals surface area contributed by atoms with Crippen LogP contribution in [0.5, 0.6) is 0 Å². The summed E-state index contributed by atoms with van der Waals surface area (Å²) < 4.78 is 1.68. The van der Waals surface area contributed by atoms with Crippen LogP contribution in [-0.2, 0) is 13.1 Å². The van der Waals surface area contributed by atoms with E-state index < -0.39 is 0 Å². The molecule has 60 valence electrons. The zero-order valence-corrected chi connectivity index (χ0v) is 6.37. The van der Waals surface area contributed by atoms with Gasteiger partial charge in [-0.05, 0) is 7.05 Å². The van der Waals surface area contributed by atoms with E-state index in [4.69, 9.17) is 0 Å². The molecule has 11 heavy (non-hydrogen) atoms. The molecule has 1 N–H and O–H groups in total. The van der Waals surface area contributed by atoms with Gasteiger partial charge in [0.2, 0.25) is 0 Å². The molecule has 0 spiro atoms. The van der Waals surface area contributed by atoms with Crippen molar-refractivity contribution in [2.75, 3.05) is 13.6 Å². The average molecular weight is 154 g/mol. The molecule has 1 aliphatic rings. The van der Waals surface area contributed by atoms with Crippen LogP contribution in [0.4, 0.5) is 0 Å². The van der Waals surface area contributed by atoms with Gasteiger partial charge in [0.05, 0.1) is 6.54 Å². The number of likely N-dealkylation sites (N-methyl/N-ethyl adjacent to an activating group) is 1. The van der Waals surface area contributed by atoms with E-state index in [1.54, 1.807) is 4.57 Å². The lowest BCUT2D eigenvalue weighted by molar-refractivity contribution is 0.262. The van der Waals surface area contributed by atoms with Crippen LogP contribution >= 0.6 is 0 Å². The molecule has 2 rings (SSSR count). The maximum atomic E-state index is 11.0. The molecule has 0 bridgehead atoms. The summed E-state index contributed by atoms with van der Waals surface area (Å²) in [5.74, 6) is 0.837. The normalized spacial score (nSPS) is 18.3. The van der Waals surface area contributed by atoms with Crippen LogP contribution in [0, 0.1) is 0 Å². The standard InChI is InChI=1S/C6H10N4O/c1-9-2-3-10-5(4-9)7-8-6(10)11/h2-4H2,1H3,(H,8,11). The number of hydrogen-bond acceptors (Lipinski definition) is 3. The molecule has 5 nitrogen and oxygen atoms in total. The molecule has 0 aromatic carbocycles. The summed E-state index contributed by atoms with van der Waals surface area (Å²) in [6.07, 6.45) is 0. The van der Waals surface area contributed by atoms with Crippen LogP contribution in [0.25, 0.3) is 0 Å². The molecule has 0 amide bonds. The van der Waals surface area contributed by atoms with E-state index in [0.29, 0.717) is 0 Å². The maximum absolute atomic E-state index is 11.0. The van der Waals surface area contributed by atoms with E-state index >= 15 is 0 Å². The van der Waals surface area contributed by atoms with Crippen molar-refractivity contribution < 1.29 is 0 Å².